The van der Waals surface area contributed by atoms with Gasteiger partial charge < -0.3 is 5.32 Å². The van der Waals surface area contributed by atoms with Crippen molar-refractivity contribution in [2.45, 2.75) is 27.7 Å². The number of nitrogens with one attached hydrogen (secondary N) is 1. The Labute approximate surface area is 128 Å². The highest BCUT2D eigenvalue weighted by Gasteiger charge is 2.64. The van der Waals surface area contributed by atoms with Crippen molar-refractivity contribution in [3.05, 3.63) is 17.9 Å². The molecule has 3 rings (SSSR count). The Hall–Kier alpha value is -1.76. The summed E-state index contributed by atoms with van der Waals surface area (Å²) in [5.41, 5.74) is 0.622. The highest BCUT2D eigenvalue weighted by atomic mass is 35.5. The van der Waals surface area contributed by atoms with Crippen LogP contribution in [0.1, 0.15) is 27.7 Å². The van der Waals surface area contributed by atoms with Crippen molar-refractivity contribution in [1.82, 2.24) is 29.7 Å². The molecule has 0 aromatic carbocycles. The van der Waals surface area contributed by atoms with Gasteiger partial charge in [-0.25, -0.2) is 4.98 Å². The number of anilines is 1. The lowest BCUT2D eigenvalue weighted by Crippen LogP contribution is -2.13. The third-order valence-electron chi connectivity index (χ3n) is 5.00. The maximum Gasteiger partial charge on any atom is 0.258 e. The Morgan fingerprint density at radius 3 is 2.48 bits per heavy atom. The lowest BCUT2D eigenvalue weighted by atomic mass is 10.0. The molecule has 0 spiro atoms. The van der Waals surface area contributed by atoms with Gasteiger partial charge in [-0.2, -0.15) is 24.7 Å². The highest BCUT2D eigenvalue weighted by Crippen LogP contribution is 2.68. The Bertz CT molecular complexity index is 637. The van der Waals surface area contributed by atoms with Gasteiger partial charge in [0.1, 0.15) is 12.7 Å². The molecule has 21 heavy (non-hydrogen) atoms. The van der Waals surface area contributed by atoms with Gasteiger partial charge in [-0.1, -0.05) is 27.7 Å². The van der Waals surface area contributed by atoms with Gasteiger partial charge in [0.25, 0.3) is 5.95 Å². The van der Waals surface area contributed by atoms with Crippen LogP contribution in [0.3, 0.4) is 0 Å². The average molecular weight is 308 g/mol. The van der Waals surface area contributed by atoms with Crippen molar-refractivity contribution in [1.29, 1.82) is 0 Å². The van der Waals surface area contributed by atoms with Crippen molar-refractivity contribution in [2.24, 2.45) is 16.7 Å². The lowest BCUT2D eigenvalue weighted by molar-refractivity contribution is 0.457. The number of hydrogen-bond acceptors (Lipinski definition) is 6. The summed E-state index contributed by atoms with van der Waals surface area (Å²) in [6, 6.07) is 0. The number of hydrogen-bond donors (Lipinski definition) is 1. The lowest BCUT2D eigenvalue weighted by Gasteiger charge is -2.07. The summed E-state index contributed by atoms with van der Waals surface area (Å²) in [5, 5.41) is 7.37. The fourth-order valence-corrected chi connectivity index (χ4v) is 3.03. The van der Waals surface area contributed by atoms with Crippen LogP contribution in [0, 0.1) is 16.7 Å². The molecule has 7 nitrogen and oxygen atoms in total. The van der Waals surface area contributed by atoms with Crippen LogP contribution in [-0.4, -0.2) is 36.3 Å². The minimum absolute atomic E-state index is 0.132. The Balaban J connectivity index is 1.75. The van der Waals surface area contributed by atoms with E-state index in [1.807, 2.05) is 0 Å². The normalized spacial score (nSPS) is 19.5. The number of halogens is 1. The SMILES string of the molecule is CC1(C)C(CNc2nc(Cl)nc(-n3cncn3)n2)C1(C)C. The van der Waals surface area contributed by atoms with E-state index in [-0.39, 0.29) is 5.28 Å². The first-order valence-corrected chi connectivity index (χ1v) is 7.20. The first-order chi connectivity index (χ1) is 9.82. The summed E-state index contributed by atoms with van der Waals surface area (Å²) in [5.74, 6) is 1.37. The van der Waals surface area contributed by atoms with Gasteiger partial charge in [0.05, 0.1) is 0 Å². The fourth-order valence-electron chi connectivity index (χ4n) is 2.87. The van der Waals surface area contributed by atoms with Gasteiger partial charge in [-0.3, -0.25) is 0 Å². The maximum absolute atomic E-state index is 5.95. The molecule has 0 saturated heterocycles. The predicted molar refractivity (Wildman–Crippen MR) is 79.3 cm³/mol. The average Bonchev–Trinajstić information content (AvgIpc) is 2.80. The van der Waals surface area contributed by atoms with E-state index in [1.54, 1.807) is 0 Å². The number of aromatic nitrogens is 6. The molecule has 0 aliphatic heterocycles. The van der Waals surface area contributed by atoms with Crippen LogP contribution >= 0.6 is 11.6 Å². The van der Waals surface area contributed by atoms with Gasteiger partial charge in [-0.15, -0.1) is 0 Å². The molecule has 1 fully saturated rings. The van der Waals surface area contributed by atoms with Gasteiger partial charge in [0.15, 0.2) is 0 Å². The highest BCUT2D eigenvalue weighted by molar-refractivity contribution is 6.28. The summed E-state index contributed by atoms with van der Waals surface area (Å²) in [6.45, 7) is 9.92. The van der Waals surface area contributed by atoms with Gasteiger partial charge in [0, 0.05) is 6.54 Å². The van der Waals surface area contributed by atoms with Crippen molar-refractivity contribution >= 4 is 17.5 Å². The summed E-state index contributed by atoms with van der Waals surface area (Å²) in [4.78, 5) is 16.3. The summed E-state index contributed by atoms with van der Waals surface area (Å²) >= 11 is 5.95. The first kappa shape index (κ1) is 14.2. The van der Waals surface area contributed by atoms with E-state index in [4.69, 9.17) is 11.6 Å². The zero-order valence-electron chi connectivity index (χ0n) is 12.5. The van der Waals surface area contributed by atoms with E-state index in [0.717, 1.165) is 6.54 Å². The molecular formula is C13H18ClN7. The zero-order valence-corrected chi connectivity index (χ0v) is 13.3. The summed E-state index contributed by atoms with van der Waals surface area (Å²) in [6.07, 6.45) is 2.93. The standard InChI is InChI=1S/C13H18ClN7/c1-12(2)8(13(12,3)4)5-16-10-18-9(14)19-11(20-10)21-7-15-6-17-21/h6-8H,5H2,1-4H3,(H,16,18,19,20). The predicted octanol–water partition coefficient (Wildman–Crippen LogP) is 2.20. The summed E-state index contributed by atoms with van der Waals surface area (Å²) in [7, 11) is 0. The van der Waals surface area contributed by atoms with Crippen LogP contribution in [0.5, 0.6) is 0 Å². The Morgan fingerprint density at radius 1 is 1.19 bits per heavy atom. The van der Waals surface area contributed by atoms with Crippen molar-refractivity contribution in [3.63, 3.8) is 0 Å². The van der Waals surface area contributed by atoms with Crippen LogP contribution in [0.2, 0.25) is 5.28 Å². The van der Waals surface area contributed by atoms with Crippen molar-refractivity contribution in [3.8, 4) is 5.95 Å². The van der Waals surface area contributed by atoms with Crippen LogP contribution in [0.25, 0.3) is 5.95 Å². The van der Waals surface area contributed by atoms with Crippen LogP contribution in [-0.2, 0) is 0 Å². The van der Waals surface area contributed by atoms with Crippen LogP contribution < -0.4 is 5.32 Å². The second-order valence-corrected chi connectivity index (χ2v) is 6.78. The zero-order chi connectivity index (χ0) is 15.3. The molecular weight excluding hydrogens is 290 g/mol. The molecule has 1 aliphatic rings. The number of nitrogens with zero attached hydrogens (tertiary/aromatic N) is 6. The van der Waals surface area contributed by atoms with E-state index in [0.29, 0.717) is 28.6 Å². The minimum Gasteiger partial charge on any atom is -0.354 e. The van der Waals surface area contributed by atoms with Crippen molar-refractivity contribution in [2.75, 3.05) is 11.9 Å². The molecule has 112 valence electrons. The second kappa shape index (κ2) is 4.62. The Kier molecular flexibility index (Phi) is 3.12. The maximum atomic E-state index is 5.95. The van der Waals surface area contributed by atoms with Gasteiger partial charge in [0.2, 0.25) is 11.2 Å². The third kappa shape index (κ3) is 2.35. The largest absolute Gasteiger partial charge is 0.354 e. The topological polar surface area (TPSA) is 81.4 Å². The molecule has 2 aromatic heterocycles. The van der Waals surface area contributed by atoms with Crippen molar-refractivity contribution < 1.29 is 0 Å². The van der Waals surface area contributed by atoms with E-state index < -0.39 is 0 Å². The molecule has 0 unspecified atom stereocenters. The smallest absolute Gasteiger partial charge is 0.258 e. The first-order valence-electron chi connectivity index (χ1n) is 6.83. The molecule has 0 radical (unpaired) electrons. The quantitative estimate of drug-likeness (QED) is 0.932. The van der Waals surface area contributed by atoms with E-state index >= 15 is 0 Å². The van der Waals surface area contributed by atoms with Crippen LogP contribution in [0.15, 0.2) is 12.7 Å². The van der Waals surface area contributed by atoms with Gasteiger partial charge >= 0.3 is 0 Å². The van der Waals surface area contributed by atoms with Gasteiger partial charge in [-0.05, 0) is 28.3 Å². The molecule has 0 bridgehead atoms. The molecule has 0 amide bonds. The minimum atomic E-state index is 0.132. The Morgan fingerprint density at radius 2 is 1.90 bits per heavy atom. The monoisotopic (exact) mass is 307 g/mol. The molecule has 2 heterocycles. The van der Waals surface area contributed by atoms with E-state index in [2.05, 4.69) is 58.0 Å². The molecule has 1 N–H and O–H groups in total. The van der Waals surface area contributed by atoms with Crippen LogP contribution in [0.4, 0.5) is 5.95 Å². The molecule has 2 aromatic rings. The van der Waals surface area contributed by atoms with E-state index in [9.17, 15) is 0 Å². The third-order valence-corrected chi connectivity index (χ3v) is 5.17. The molecule has 1 aliphatic carbocycles. The molecule has 8 heteroatoms. The van der Waals surface area contributed by atoms with E-state index in [1.165, 1.54) is 17.3 Å². The second-order valence-electron chi connectivity index (χ2n) is 6.44. The number of rotatable bonds is 4. The fraction of sp³-hybridized carbons (Fsp3) is 0.615. The molecule has 1 saturated carbocycles. The summed E-state index contributed by atoms with van der Waals surface area (Å²) < 4.78 is 1.45. The molecule has 0 atom stereocenters.